The lowest BCUT2D eigenvalue weighted by atomic mass is 10.2. The van der Waals surface area contributed by atoms with Crippen LogP contribution in [0.4, 0.5) is 0 Å². The van der Waals surface area contributed by atoms with Gasteiger partial charge in [-0.15, -0.1) is 0 Å². The largest absolute Gasteiger partial charge is 0.473 e. The van der Waals surface area contributed by atoms with Crippen molar-refractivity contribution < 1.29 is 14.3 Å². The molecule has 0 aromatic rings. The van der Waals surface area contributed by atoms with Crippen molar-refractivity contribution in [3.8, 4) is 0 Å². The first-order chi connectivity index (χ1) is 5.34. The van der Waals surface area contributed by atoms with Gasteiger partial charge in [0.05, 0.1) is 25.2 Å². The maximum Gasteiger partial charge on any atom is 0.337 e. The van der Waals surface area contributed by atoms with E-state index in [1.54, 1.807) is 18.2 Å². The molecule has 58 valence electrons. The molecular weight excluding hydrogens is 144 g/mol. The number of ether oxygens (including phenoxy) is 2. The van der Waals surface area contributed by atoms with E-state index in [1.165, 1.54) is 19.6 Å². The lowest BCUT2D eigenvalue weighted by Gasteiger charge is -1.95. The Morgan fingerprint density at radius 1 is 1.55 bits per heavy atom. The van der Waals surface area contributed by atoms with Crippen molar-refractivity contribution in [2.75, 3.05) is 7.11 Å². The van der Waals surface area contributed by atoms with Crippen LogP contribution >= 0.6 is 0 Å². The van der Waals surface area contributed by atoms with E-state index in [0.717, 1.165) is 0 Å². The highest BCUT2D eigenvalue weighted by molar-refractivity contribution is 5.91. The van der Waals surface area contributed by atoms with Crippen LogP contribution in [0.25, 0.3) is 0 Å². The third-order valence-corrected chi connectivity index (χ3v) is 1.18. The second kappa shape index (κ2) is 3.61. The van der Waals surface area contributed by atoms with Gasteiger partial charge in [0, 0.05) is 0 Å². The Hall–Kier alpha value is -1.51. The first-order valence-electron chi connectivity index (χ1n) is 3.12. The minimum absolute atomic E-state index is 0.364. The summed E-state index contributed by atoms with van der Waals surface area (Å²) < 4.78 is 9.30. The van der Waals surface area contributed by atoms with Crippen molar-refractivity contribution in [3.63, 3.8) is 0 Å². The van der Waals surface area contributed by atoms with Crippen LogP contribution in [0.1, 0.15) is 0 Å². The average Bonchev–Trinajstić information content (AvgIpc) is 2.30. The molecule has 3 nitrogen and oxygen atoms in total. The number of hydrogen-bond acceptors (Lipinski definition) is 3. The fourth-order valence-electron chi connectivity index (χ4n) is 0.656. The van der Waals surface area contributed by atoms with Gasteiger partial charge in [-0.1, -0.05) is 0 Å². The number of esters is 1. The zero-order valence-corrected chi connectivity index (χ0v) is 6.11. The summed E-state index contributed by atoms with van der Waals surface area (Å²) in [5.41, 5.74) is 0.473. The number of hydrogen-bond donors (Lipinski definition) is 0. The fourth-order valence-corrected chi connectivity index (χ4v) is 0.656. The van der Waals surface area contributed by atoms with E-state index in [4.69, 9.17) is 4.74 Å². The maximum atomic E-state index is 10.9. The Balaban J connectivity index is 2.77. The molecule has 0 spiro atoms. The van der Waals surface area contributed by atoms with Crippen molar-refractivity contribution in [3.05, 3.63) is 36.3 Å². The van der Waals surface area contributed by atoms with E-state index < -0.39 is 0 Å². The molecule has 0 fully saturated rings. The van der Waals surface area contributed by atoms with E-state index in [-0.39, 0.29) is 5.97 Å². The summed E-state index contributed by atoms with van der Waals surface area (Å²) in [6, 6.07) is 0. The van der Waals surface area contributed by atoms with E-state index >= 15 is 0 Å². The zero-order chi connectivity index (χ0) is 8.10. The fraction of sp³-hybridized carbons (Fsp3) is 0.125. The molecule has 11 heavy (non-hydrogen) atoms. The molecular formula is C8H8O3. The third-order valence-electron chi connectivity index (χ3n) is 1.18. The van der Waals surface area contributed by atoms with Crippen molar-refractivity contribution in [2.24, 2.45) is 0 Å². The van der Waals surface area contributed by atoms with Gasteiger partial charge in [0.1, 0.15) is 0 Å². The average molecular weight is 152 g/mol. The molecule has 0 N–H and O–H groups in total. The van der Waals surface area contributed by atoms with Crippen LogP contribution in [0.15, 0.2) is 36.3 Å². The quantitative estimate of drug-likeness (QED) is 0.528. The molecule has 0 saturated carbocycles. The lowest BCUT2D eigenvalue weighted by molar-refractivity contribution is -0.135. The predicted octanol–water partition coefficient (Wildman–Crippen LogP) is 1.14. The Kier molecular flexibility index (Phi) is 2.49. The molecule has 0 aromatic heterocycles. The molecule has 0 atom stereocenters. The Labute approximate surface area is 64.6 Å². The van der Waals surface area contributed by atoms with Crippen LogP contribution in [0.2, 0.25) is 0 Å². The second-order valence-electron chi connectivity index (χ2n) is 1.88. The van der Waals surface area contributed by atoms with Gasteiger partial charge in [0.15, 0.2) is 0 Å². The minimum Gasteiger partial charge on any atom is -0.473 e. The molecule has 3 heteroatoms. The van der Waals surface area contributed by atoms with Crippen LogP contribution < -0.4 is 0 Å². The van der Waals surface area contributed by atoms with Crippen molar-refractivity contribution in [1.82, 2.24) is 0 Å². The van der Waals surface area contributed by atoms with Gasteiger partial charge >= 0.3 is 5.97 Å². The normalized spacial score (nSPS) is 14.8. The van der Waals surface area contributed by atoms with E-state index in [0.29, 0.717) is 5.57 Å². The maximum absolute atomic E-state index is 10.9. The highest BCUT2D eigenvalue weighted by atomic mass is 16.5. The van der Waals surface area contributed by atoms with Gasteiger partial charge in [0.25, 0.3) is 0 Å². The van der Waals surface area contributed by atoms with Crippen LogP contribution in [-0.2, 0) is 14.3 Å². The summed E-state index contributed by atoms with van der Waals surface area (Å²) in [6.45, 7) is 0. The first-order valence-corrected chi connectivity index (χ1v) is 3.12. The summed E-state index contributed by atoms with van der Waals surface area (Å²) in [7, 11) is 1.34. The number of allylic oxidation sites excluding steroid dienone is 2. The van der Waals surface area contributed by atoms with Crippen LogP contribution in [0.3, 0.4) is 0 Å². The van der Waals surface area contributed by atoms with Gasteiger partial charge in [0.2, 0.25) is 0 Å². The molecule has 0 radical (unpaired) electrons. The van der Waals surface area contributed by atoms with E-state index in [9.17, 15) is 4.79 Å². The molecule has 0 aliphatic carbocycles. The highest BCUT2D eigenvalue weighted by Gasteiger charge is 2.04. The van der Waals surface area contributed by atoms with Crippen molar-refractivity contribution in [1.29, 1.82) is 0 Å². The molecule has 1 aliphatic rings. The SMILES string of the molecule is COC(=O)C1=CC=COC=C1. The zero-order valence-electron chi connectivity index (χ0n) is 6.11. The van der Waals surface area contributed by atoms with Gasteiger partial charge in [-0.2, -0.15) is 0 Å². The Bertz CT molecular complexity index is 236. The van der Waals surface area contributed by atoms with E-state index in [1.807, 2.05) is 0 Å². The van der Waals surface area contributed by atoms with Gasteiger partial charge in [-0.3, -0.25) is 0 Å². The number of methoxy groups -OCH3 is 1. The van der Waals surface area contributed by atoms with Gasteiger partial charge in [-0.05, 0) is 18.2 Å². The third kappa shape index (κ3) is 1.97. The standard InChI is InChI=1S/C8H8O3/c1-10-8(9)7-3-2-5-11-6-4-7/h2-6H,1H3. The molecule has 0 bridgehead atoms. The number of rotatable bonds is 1. The number of carbonyl (C=O) groups excluding carboxylic acids is 1. The van der Waals surface area contributed by atoms with Crippen molar-refractivity contribution >= 4 is 5.97 Å². The van der Waals surface area contributed by atoms with Crippen LogP contribution in [0.5, 0.6) is 0 Å². The summed E-state index contributed by atoms with van der Waals surface area (Å²) >= 11 is 0. The predicted molar refractivity (Wildman–Crippen MR) is 39.5 cm³/mol. The lowest BCUT2D eigenvalue weighted by Crippen LogP contribution is -2.01. The summed E-state index contributed by atoms with van der Waals surface area (Å²) in [6.07, 6.45) is 7.70. The van der Waals surface area contributed by atoms with Crippen LogP contribution in [0, 0.1) is 0 Å². The Morgan fingerprint density at radius 3 is 3.09 bits per heavy atom. The molecule has 0 aromatic carbocycles. The van der Waals surface area contributed by atoms with Gasteiger partial charge in [-0.25, -0.2) is 4.79 Å². The smallest absolute Gasteiger partial charge is 0.337 e. The molecule has 1 heterocycles. The Morgan fingerprint density at radius 2 is 2.36 bits per heavy atom. The topological polar surface area (TPSA) is 35.5 Å². The van der Waals surface area contributed by atoms with Gasteiger partial charge < -0.3 is 9.47 Å². The molecule has 0 amide bonds. The summed E-state index contributed by atoms with van der Waals surface area (Å²) in [5, 5.41) is 0. The van der Waals surface area contributed by atoms with E-state index in [2.05, 4.69) is 4.74 Å². The molecule has 1 rings (SSSR count). The highest BCUT2D eigenvalue weighted by Crippen LogP contribution is 2.03. The summed E-state index contributed by atoms with van der Waals surface area (Å²) in [4.78, 5) is 10.9. The molecule has 1 aliphatic heterocycles. The first kappa shape index (κ1) is 7.60. The minimum atomic E-state index is -0.364. The summed E-state index contributed by atoms with van der Waals surface area (Å²) in [5.74, 6) is -0.364. The number of carbonyl (C=O) groups is 1. The van der Waals surface area contributed by atoms with Crippen molar-refractivity contribution in [2.45, 2.75) is 0 Å². The van der Waals surface area contributed by atoms with Crippen LogP contribution in [-0.4, -0.2) is 13.1 Å². The monoisotopic (exact) mass is 152 g/mol. The molecule has 0 unspecified atom stereocenters. The molecule has 0 saturated heterocycles. The second-order valence-corrected chi connectivity index (χ2v) is 1.88.